The zero-order chi connectivity index (χ0) is 14.7. The van der Waals surface area contributed by atoms with E-state index in [4.69, 9.17) is 0 Å². The predicted molar refractivity (Wildman–Crippen MR) is 87.9 cm³/mol. The lowest BCUT2D eigenvalue weighted by atomic mass is 10.2. The number of rotatable bonds is 5. The van der Waals surface area contributed by atoms with Crippen molar-refractivity contribution in [2.24, 2.45) is 0 Å². The topological polar surface area (TPSA) is 53.9 Å². The predicted octanol–water partition coefficient (Wildman–Crippen LogP) is 3.15. The van der Waals surface area contributed by atoms with E-state index in [0.717, 1.165) is 29.1 Å². The Morgan fingerprint density at radius 3 is 2.76 bits per heavy atom. The Balaban J connectivity index is 1.96. The van der Waals surface area contributed by atoms with Crippen molar-refractivity contribution in [3.05, 3.63) is 41.5 Å². The molecule has 5 nitrogen and oxygen atoms in total. The van der Waals surface area contributed by atoms with Crippen LogP contribution in [0.4, 0.5) is 11.8 Å². The molecule has 0 saturated heterocycles. The van der Waals surface area contributed by atoms with Gasteiger partial charge in [0.1, 0.15) is 10.6 Å². The summed E-state index contributed by atoms with van der Waals surface area (Å²) in [6.45, 7) is 3.64. The van der Waals surface area contributed by atoms with Gasteiger partial charge in [0.05, 0.1) is 5.39 Å². The number of nitrogens with zero attached hydrogens (tertiary/aromatic N) is 4. The van der Waals surface area contributed by atoms with E-state index in [1.807, 2.05) is 31.5 Å². The van der Waals surface area contributed by atoms with Crippen molar-refractivity contribution in [2.45, 2.75) is 13.5 Å². The maximum Gasteiger partial charge on any atom is 0.226 e. The first-order chi connectivity index (χ1) is 10.3. The fourth-order valence-corrected chi connectivity index (χ4v) is 2.96. The maximum absolute atomic E-state index is 4.65. The Kier molecular flexibility index (Phi) is 3.96. The average Bonchev–Trinajstić information content (AvgIpc) is 2.96. The van der Waals surface area contributed by atoms with E-state index in [2.05, 4.69) is 43.7 Å². The molecule has 0 radical (unpaired) electrons. The summed E-state index contributed by atoms with van der Waals surface area (Å²) in [6, 6.07) is 6.12. The molecule has 0 saturated carbocycles. The highest BCUT2D eigenvalue weighted by molar-refractivity contribution is 7.16. The fourth-order valence-electron chi connectivity index (χ4n) is 2.20. The van der Waals surface area contributed by atoms with Crippen molar-refractivity contribution in [1.29, 1.82) is 0 Å². The van der Waals surface area contributed by atoms with Crippen LogP contribution in [0, 0.1) is 0 Å². The number of anilines is 2. The first-order valence-corrected chi connectivity index (χ1v) is 7.75. The summed E-state index contributed by atoms with van der Waals surface area (Å²) in [5.74, 6) is 1.64. The minimum atomic E-state index is 0.684. The number of hydrogen-bond acceptors (Lipinski definition) is 6. The molecule has 0 aliphatic carbocycles. The van der Waals surface area contributed by atoms with Gasteiger partial charge in [-0.1, -0.05) is 0 Å². The zero-order valence-electron chi connectivity index (χ0n) is 12.1. The molecule has 0 spiro atoms. The summed E-state index contributed by atoms with van der Waals surface area (Å²) in [7, 11) is 2.05. The van der Waals surface area contributed by atoms with Crippen molar-refractivity contribution < 1.29 is 0 Å². The third kappa shape index (κ3) is 2.95. The smallest absolute Gasteiger partial charge is 0.226 e. The quantitative estimate of drug-likeness (QED) is 0.784. The minimum Gasteiger partial charge on any atom is -0.355 e. The lowest BCUT2D eigenvalue weighted by Crippen LogP contribution is -2.19. The fraction of sp³-hybridized carbons (Fsp3) is 0.267. The molecular formula is C15H17N5S. The van der Waals surface area contributed by atoms with Crippen LogP contribution in [0.2, 0.25) is 0 Å². The second-order valence-corrected chi connectivity index (χ2v) is 5.65. The number of thiophene rings is 1. The van der Waals surface area contributed by atoms with Gasteiger partial charge in [-0.25, -0.2) is 4.98 Å². The number of nitrogens with one attached hydrogen (secondary N) is 1. The van der Waals surface area contributed by atoms with E-state index in [1.165, 1.54) is 5.56 Å². The standard InChI is InChI=1S/C15H17N5S/c1-3-17-15-18-13(12-6-9-21-14(12)19-15)20(2)10-11-4-7-16-8-5-11/h4-9H,3,10H2,1-2H3,(H,17,18,19). The Bertz CT molecular complexity index is 725. The van der Waals surface area contributed by atoms with E-state index in [0.29, 0.717) is 5.95 Å². The lowest BCUT2D eigenvalue weighted by molar-refractivity contribution is 0.897. The molecule has 0 aliphatic heterocycles. The monoisotopic (exact) mass is 299 g/mol. The van der Waals surface area contributed by atoms with E-state index in [-0.39, 0.29) is 0 Å². The van der Waals surface area contributed by atoms with Gasteiger partial charge < -0.3 is 10.2 Å². The molecule has 0 aliphatic rings. The minimum absolute atomic E-state index is 0.684. The van der Waals surface area contributed by atoms with Crippen molar-refractivity contribution >= 4 is 33.3 Å². The number of aromatic nitrogens is 3. The van der Waals surface area contributed by atoms with Crippen LogP contribution in [0.5, 0.6) is 0 Å². The summed E-state index contributed by atoms with van der Waals surface area (Å²) in [5.41, 5.74) is 1.21. The van der Waals surface area contributed by atoms with E-state index < -0.39 is 0 Å². The van der Waals surface area contributed by atoms with Gasteiger partial charge in [-0.2, -0.15) is 4.98 Å². The average molecular weight is 299 g/mol. The molecule has 1 N–H and O–H groups in total. The van der Waals surface area contributed by atoms with Gasteiger partial charge in [-0.3, -0.25) is 4.98 Å². The van der Waals surface area contributed by atoms with Crippen molar-refractivity contribution in [1.82, 2.24) is 15.0 Å². The molecule has 0 aromatic carbocycles. The van der Waals surface area contributed by atoms with Gasteiger partial charge in [0.15, 0.2) is 0 Å². The van der Waals surface area contributed by atoms with E-state index in [9.17, 15) is 0 Å². The first-order valence-electron chi connectivity index (χ1n) is 6.87. The molecule has 21 heavy (non-hydrogen) atoms. The molecule has 6 heteroatoms. The highest BCUT2D eigenvalue weighted by atomic mass is 32.1. The molecule has 3 aromatic rings. The van der Waals surface area contributed by atoms with Crippen LogP contribution in [0.15, 0.2) is 36.0 Å². The largest absolute Gasteiger partial charge is 0.355 e. The third-order valence-electron chi connectivity index (χ3n) is 3.17. The summed E-state index contributed by atoms with van der Waals surface area (Å²) in [6.07, 6.45) is 3.63. The van der Waals surface area contributed by atoms with Crippen molar-refractivity contribution in [2.75, 3.05) is 23.8 Å². The SMILES string of the molecule is CCNc1nc(N(C)Cc2ccncc2)c2ccsc2n1. The third-order valence-corrected chi connectivity index (χ3v) is 3.98. The molecular weight excluding hydrogens is 282 g/mol. The van der Waals surface area contributed by atoms with Crippen molar-refractivity contribution in [3.8, 4) is 0 Å². The van der Waals surface area contributed by atoms with Gasteiger partial charge in [0.2, 0.25) is 5.95 Å². The number of pyridine rings is 1. The highest BCUT2D eigenvalue weighted by Crippen LogP contribution is 2.29. The molecule has 0 atom stereocenters. The molecule has 3 aromatic heterocycles. The van der Waals surface area contributed by atoms with Gasteiger partial charge >= 0.3 is 0 Å². The van der Waals surface area contributed by atoms with E-state index >= 15 is 0 Å². The zero-order valence-corrected chi connectivity index (χ0v) is 12.9. The van der Waals surface area contributed by atoms with Gasteiger partial charge in [0.25, 0.3) is 0 Å². The molecule has 108 valence electrons. The van der Waals surface area contributed by atoms with Gasteiger partial charge in [-0.15, -0.1) is 11.3 Å². The van der Waals surface area contributed by atoms with Gasteiger partial charge in [-0.05, 0) is 36.1 Å². The van der Waals surface area contributed by atoms with E-state index in [1.54, 1.807) is 11.3 Å². The molecule has 0 fully saturated rings. The van der Waals surface area contributed by atoms with Crippen LogP contribution in [-0.4, -0.2) is 28.5 Å². The molecule has 0 unspecified atom stereocenters. The van der Waals surface area contributed by atoms with Crippen molar-refractivity contribution in [3.63, 3.8) is 0 Å². The van der Waals surface area contributed by atoms with Gasteiger partial charge in [0, 0.05) is 32.5 Å². The maximum atomic E-state index is 4.65. The van der Waals surface area contributed by atoms with Crippen LogP contribution in [0.25, 0.3) is 10.2 Å². The first kappa shape index (κ1) is 13.8. The Morgan fingerprint density at radius 2 is 2.00 bits per heavy atom. The highest BCUT2D eigenvalue weighted by Gasteiger charge is 2.12. The second-order valence-electron chi connectivity index (χ2n) is 4.75. The molecule has 3 rings (SSSR count). The Hall–Kier alpha value is -2.21. The number of fused-ring (bicyclic) bond motifs is 1. The number of hydrogen-bond donors (Lipinski definition) is 1. The Morgan fingerprint density at radius 1 is 1.19 bits per heavy atom. The normalized spacial score (nSPS) is 10.8. The lowest BCUT2D eigenvalue weighted by Gasteiger charge is -2.19. The van der Waals surface area contributed by atoms with Crippen LogP contribution in [-0.2, 0) is 6.54 Å². The molecule has 0 amide bonds. The summed E-state index contributed by atoms with van der Waals surface area (Å²) < 4.78 is 0. The van der Waals surface area contributed by atoms with Crippen LogP contribution in [0.3, 0.4) is 0 Å². The van der Waals surface area contributed by atoms with Crippen LogP contribution >= 0.6 is 11.3 Å². The van der Waals surface area contributed by atoms with Crippen LogP contribution < -0.4 is 10.2 Å². The Labute approximate surface area is 127 Å². The molecule has 3 heterocycles. The molecule has 0 bridgehead atoms. The summed E-state index contributed by atoms with van der Waals surface area (Å²) in [5, 5.41) is 6.35. The van der Waals surface area contributed by atoms with Crippen LogP contribution in [0.1, 0.15) is 12.5 Å². The second kappa shape index (κ2) is 6.05. The summed E-state index contributed by atoms with van der Waals surface area (Å²) >= 11 is 1.64. The summed E-state index contributed by atoms with van der Waals surface area (Å²) in [4.78, 5) is 16.4.